The van der Waals surface area contributed by atoms with Crippen molar-refractivity contribution >= 4 is 11.9 Å². The van der Waals surface area contributed by atoms with E-state index in [0.717, 1.165) is 0 Å². The van der Waals surface area contributed by atoms with Gasteiger partial charge in [0.2, 0.25) is 0 Å². The topological polar surface area (TPSA) is 43.4 Å². The molecule has 0 rings (SSSR count). The first-order valence-electron chi connectivity index (χ1n) is 3.70. The Bertz CT molecular complexity index is 285. The van der Waals surface area contributed by atoms with E-state index in [2.05, 4.69) is 17.9 Å². The summed E-state index contributed by atoms with van der Waals surface area (Å²) >= 11 is 0. The van der Waals surface area contributed by atoms with Crippen LogP contribution in [0.15, 0.2) is 36.5 Å². The molecule has 0 aliphatic heterocycles. The number of allylic oxidation sites excluding steroid dienone is 2. The lowest BCUT2D eigenvalue weighted by Gasteiger charge is -2.00. The van der Waals surface area contributed by atoms with Crippen molar-refractivity contribution in [1.29, 1.82) is 0 Å². The fourth-order valence-corrected chi connectivity index (χ4v) is 0.497. The fraction of sp³-hybridized carbons (Fsp3) is 0.200. The van der Waals surface area contributed by atoms with Gasteiger partial charge in [0.1, 0.15) is 0 Å². The molecular weight excluding hydrogens is 168 g/mol. The highest BCUT2D eigenvalue weighted by atomic mass is 16.6. The van der Waals surface area contributed by atoms with Crippen molar-refractivity contribution < 1.29 is 14.3 Å². The Morgan fingerprint density at radius 3 is 2.15 bits per heavy atom. The second-order valence-corrected chi connectivity index (χ2v) is 2.54. The molecule has 0 aliphatic rings. The molecule has 3 nitrogen and oxygen atoms in total. The molecule has 0 saturated carbocycles. The van der Waals surface area contributed by atoms with E-state index in [-0.39, 0.29) is 5.57 Å². The van der Waals surface area contributed by atoms with E-state index in [1.165, 1.54) is 26.0 Å². The molecule has 0 N–H and O–H groups in total. The zero-order chi connectivity index (χ0) is 10.4. The van der Waals surface area contributed by atoms with Crippen molar-refractivity contribution in [3.63, 3.8) is 0 Å². The number of carbonyl (C=O) groups is 2. The van der Waals surface area contributed by atoms with Crippen LogP contribution in [0.25, 0.3) is 0 Å². The Kier molecular flexibility index (Phi) is 4.44. The van der Waals surface area contributed by atoms with E-state index < -0.39 is 11.9 Å². The molecule has 0 heterocycles. The van der Waals surface area contributed by atoms with Crippen LogP contribution >= 0.6 is 0 Å². The number of hydrogen-bond donors (Lipinski definition) is 0. The quantitative estimate of drug-likeness (QED) is 0.288. The van der Waals surface area contributed by atoms with Crippen molar-refractivity contribution in [2.45, 2.75) is 13.8 Å². The van der Waals surface area contributed by atoms with E-state index >= 15 is 0 Å². The molecular formula is C10H12O3. The van der Waals surface area contributed by atoms with Gasteiger partial charge < -0.3 is 4.74 Å². The van der Waals surface area contributed by atoms with Crippen molar-refractivity contribution in [2.24, 2.45) is 0 Å². The third kappa shape index (κ3) is 4.06. The lowest BCUT2D eigenvalue weighted by atomic mass is 10.3. The molecule has 0 aromatic carbocycles. The van der Waals surface area contributed by atoms with E-state index in [4.69, 9.17) is 0 Å². The van der Waals surface area contributed by atoms with Gasteiger partial charge >= 0.3 is 11.9 Å². The van der Waals surface area contributed by atoms with E-state index in [1.807, 2.05) is 0 Å². The Hall–Kier alpha value is -1.64. The monoisotopic (exact) mass is 180 g/mol. The molecule has 0 radical (unpaired) electrons. The SMILES string of the molecule is C=CC=C(C)C(=O)OC(=O)C(=C)C. The molecule has 3 heteroatoms. The van der Waals surface area contributed by atoms with Gasteiger partial charge in [0.05, 0.1) is 0 Å². The highest BCUT2D eigenvalue weighted by Crippen LogP contribution is 2.00. The second kappa shape index (κ2) is 5.09. The molecule has 13 heavy (non-hydrogen) atoms. The van der Waals surface area contributed by atoms with Crippen LogP contribution in [-0.2, 0) is 14.3 Å². The third-order valence-electron chi connectivity index (χ3n) is 1.22. The first-order valence-corrected chi connectivity index (χ1v) is 3.70. The van der Waals surface area contributed by atoms with Gasteiger partial charge in [0.25, 0.3) is 0 Å². The van der Waals surface area contributed by atoms with Crippen LogP contribution in [0.3, 0.4) is 0 Å². The molecule has 0 aromatic heterocycles. The molecule has 70 valence electrons. The van der Waals surface area contributed by atoms with Crippen molar-refractivity contribution in [3.05, 3.63) is 36.5 Å². The van der Waals surface area contributed by atoms with Crippen LogP contribution in [0.5, 0.6) is 0 Å². The lowest BCUT2D eigenvalue weighted by molar-refractivity contribution is -0.153. The molecule has 0 spiro atoms. The van der Waals surface area contributed by atoms with Crippen LogP contribution < -0.4 is 0 Å². The predicted molar refractivity (Wildman–Crippen MR) is 49.9 cm³/mol. The highest BCUT2D eigenvalue weighted by Gasteiger charge is 2.11. The summed E-state index contributed by atoms with van der Waals surface area (Å²) in [5.74, 6) is -1.38. The molecule has 0 unspecified atom stereocenters. The van der Waals surface area contributed by atoms with E-state index in [0.29, 0.717) is 5.57 Å². The third-order valence-corrected chi connectivity index (χ3v) is 1.22. The van der Waals surface area contributed by atoms with Crippen LogP contribution in [-0.4, -0.2) is 11.9 Å². The summed E-state index contributed by atoms with van der Waals surface area (Å²) < 4.78 is 4.43. The molecule has 0 aliphatic carbocycles. The molecule has 0 saturated heterocycles. The lowest BCUT2D eigenvalue weighted by Crippen LogP contribution is -2.13. The zero-order valence-electron chi connectivity index (χ0n) is 7.79. The molecule has 0 atom stereocenters. The number of carbonyl (C=O) groups excluding carboxylic acids is 2. The minimum absolute atomic E-state index is 0.194. The standard InChI is InChI=1S/C10H12O3/c1-5-6-8(4)10(12)13-9(11)7(2)3/h5-6H,1-2H2,3-4H3. The average Bonchev–Trinajstić information content (AvgIpc) is 2.04. The van der Waals surface area contributed by atoms with Crippen molar-refractivity contribution in [1.82, 2.24) is 0 Å². The summed E-state index contributed by atoms with van der Waals surface area (Å²) in [5, 5.41) is 0. The summed E-state index contributed by atoms with van der Waals surface area (Å²) in [4.78, 5) is 21.9. The molecule has 0 amide bonds. The fourth-order valence-electron chi connectivity index (χ4n) is 0.497. The van der Waals surface area contributed by atoms with Gasteiger partial charge in [-0.1, -0.05) is 25.3 Å². The summed E-state index contributed by atoms with van der Waals surface area (Å²) in [6.45, 7) is 9.77. The predicted octanol–water partition coefficient (Wildman–Crippen LogP) is 1.76. The largest absolute Gasteiger partial charge is 0.386 e. The maximum atomic E-state index is 11.0. The van der Waals surface area contributed by atoms with E-state index in [9.17, 15) is 9.59 Å². The van der Waals surface area contributed by atoms with Gasteiger partial charge in [0, 0.05) is 11.1 Å². The van der Waals surface area contributed by atoms with E-state index in [1.54, 1.807) is 0 Å². The van der Waals surface area contributed by atoms with Crippen LogP contribution in [0, 0.1) is 0 Å². The molecule has 0 fully saturated rings. The van der Waals surface area contributed by atoms with Crippen molar-refractivity contribution in [3.8, 4) is 0 Å². The Balaban J connectivity index is 4.32. The zero-order valence-corrected chi connectivity index (χ0v) is 7.79. The van der Waals surface area contributed by atoms with Crippen LogP contribution in [0.2, 0.25) is 0 Å². The molecule has 0 aromatic rings. The average molecular weight is 180 g/mol. The maximum absolute atomic E-state index is 11.0. The smallest absolute Gasteiger partial charge is 0.341 e. The van der Waals surface area contributed by atoms with Gasteiger partial charge in [-0.15, -0.1) is 0 Å². The highest BCUT2D eigenvalue weighted by molar-refractivity contribution is 6.01. The van der Waals surface area contributed by atoms with Gasteiger partial charge in [0.15, 0.2) is 0 Å². The minimum Gasteiger partial charge on any atom is -0.386 e. The van der Waals surface area contributed by atoms with Gasteiger partial charge in [-0.2, -0.15) is 0 Å². The van der Waals surface area contributed by atoms with Gasteiger partial charge in [-0.25, -0.2) is 9.59 Å². The number of hydrogen-bond acceptors (Lipinski definition) is 3. The van der Waals surface area contributed by atoms with Crippen LogP contribution in [0.4, 0.5) is 0 Å². The number of rotatable bonds is 3. The van der Waals surface area contributed by atoms with Crippen molar-refractivity contribution in [2.75, 3.05) is 0 Å². The van der Waals surface area contributed by atoms with Crippen LogP contribution in [0.1, 0.15) is 13.8 Å². The summed E-state index contributed by atoms with van der Waals surface area (Å²) in [7, 11) is 0. The molecule has 0 bridgehead atoms. The number of ether oxygens (including phenoxy) is 1. The summed E-state index contributed by atoms with van der Waals surface area (Å²) in [5.41, 5.74) is 0.518. The minimum atomic E-state index is -0.707. The van der Waals surface area contributed by atoms with Gasteiger partial charge in [-0.05, 0) is 13.8 Å². The summed E-state index contributed by atoms with van der Waals surface area (Å²) in [6, 6.07) is 0. The normalized spacial score (nSPS) is 10.5. The Labute approximate surface area is 77.4 Å². The Morgan fingerprint density at radius 1 is 1.23 bits per heavy atom. The maximum Gasteiger partial charge on any atom is 0.341 e. The summed E-state index contributed by atoms with van der Waals surface area (Å²) in [6.07, 6.45) is 2.91. The van der Waals surface area contributed by atoms with Gasteiger partial charge in [-0.3, -0.25) is 0 Å². The first kappa shape index (κ1) is 11.4. The second-order valence-electron chi connectivity index (χ2n) is 2.54. The Morgan fingerprint density at radius 2 is 1.77 bits per heavy atom. The first-order chi connectivity index (χ1) is 5.99. The number of esters is 2.